The number of anilines is 1. The van der Waals surface area contributed by atoms with Crippen LogP contribution in [0.2, 0.25) is 0 Å². The molecule has 0 radical (unpaired) electrons. The van der Waals surface area contributed by atoms with E-state index in [1.165, 1.54) is 36.1 Å². The van der Waals surface area contributed by atoms with Gasteiger partial charge in [-0.25, -0.2) is 13.2 Å². The van der Waals surface area contributed by atoms with E-state index in [9.17, 15) is 13.2 Å². The van der Waals surface area contributed by atoms with E-state index >= 15 is 0 Å². The average Bonchev–Trinajstić information content (AvgIpc) is 3.00. The third-order valence-electron chi connectivity index (χ3n) is 3.31. The van der Waals surface area contributed by atoms with E-state index in [0.717, 1.165) is 6.07 Å². The Morgan fingerprint density at radius 3 is 2.62 bits per heavy atom. The van der Waals surface area contributed by atoms with Gasteiger partial charge >= 0.3 is 5.97 Å². The molecule has 0 unspecified atom stereocenters. The van der Waals surface area contributed by atoms with Crippen molar-refractivity contribution in [3.05, 3.63) is 41.7 Å². The summed E-state index contributed by atoms with van der Waals surface area (Å²) in [5, 5.41) is 18.1. The number of nitriles is 1. The number of sulfonamides is 1. The van der Waals surface area contributed by atoms with Crippen molar-refractivity contribution in [1.82, 2.24) is 4.57 Å². The Bertz CT molecular complexity index is 925. The molecule has 0 amide bonds. The first-order chi connectivity index (χ1) is 11.3. The van der Waals surface area contributed by atoms with Crippen LogP contribution in [0.15, 0.2) is 35.4 Å². The first kappa shape index (κ1) is 17.4. The molecule has 1 aromatic heterocycles. The Balaban J connectivity index is 2.46. The number of carboxylic acid groups (broad SMARTS) is 1. The maximum absolute atomic E-state index is 12.5. The third-order valence-corrected chi connectivity index (χ3v) is 4.65. The fourth-order valence-corrected chi connectivity index (χ4v) is 3.23. The van der Waals surface area contributed by atoms with Gasteiger partial charge < -0.3 is 14.4 Å². The second-order valence-corrected chi connectivity index (χ2v) is 6.47. The third kappa shape index (κ3) is 3.33. The number of nitrogens with zero attached hydrogens (tertiary/aromatic N) is 2. The summed E-state index contributed by atoms with van der Waals surface area (Å²) in [6, 6.07) is 7.29. The zero-order valence-electron chi connectivity index (χ0n) is 13.0. The highest BCUT2D eigenvalue weighted by Crippen LogP contribution is 2.28. The molecule has 2 N–H and O–H groups in total. The minimum absolute atomic E-state index is 0.0951. The molecule has 0 saturated carbocycles. The Labute approximate surface area is 139 Å². The predicted molar refractivity (Wildman–Crippen MR) is 85.6 cm³/mol. The van der Waals surface area contributed by atoms with E-state index in [0.29, 0.717) is 6.54 Å². The van der Waals surface area contributed by atoms with Crippen molar-refractivity contribution in [2.45, 2.75) is 18.4 Å². The van der Waals surface area contributed by atoms with Crippen molar-refractivity contribution in [2.24, 2.45) is 0 Å². The molecule has 2 aromatic rings. The number of aromatic carboxylic acids is 1. The van der Waals surface area contributed by atoms with Crippen LogP contribution in [0, 0.1) is 11.3 Å². The summed E-state index contributed by atoms with van der Waals surface area (Å²) < 4.78 is 33.8. The number of carboxylic acids is 1. The number of rotatable bonds is 6. The molecule has 8 nitrogen and oxygen atoms in total. The summed E-state index contributed by atoms with van der Waals surface area (Å²) >= 11 is 0. The fourth-order valence-electron chi connectivity index (χ4n) is 2.13. The van der Waals surface area contributed by atoms with Crippen LogP contribution in [0.3, 0.4) is 0 Å². The summed E-state index contributed by atoms with van der Waals surface area (Å²) in [6.07, 6.45) is 1.24. The van der Waals surface area contributed by atoms with Crippen molar-refractivity contribution in [2.75, 3.05) is 11.8 Å². The van der Waals surface area contributed by atoms with Gasteiger partial charge in [0.25, 0.3) is 10.0 Å². The highest BCUT2D eigenvalue weighted by Gasteiger charge is 2.22. The largest absolute Gasteiger partial charge is 0.495 e. The number of benzene rings is 1. The number of ether oxygens (including phenoxy) is 1. The lowest BCUT2D eigenvalue weighted by molar-refractivity contribution is 0.0685. The monoisotopic (exact) mass is 349 g/mol. The van der Waals surface area contributed by atoms with Crippen molar-refractivity contribution in [3.63, 3.8) is 0 Å². The summed E-state index contributed by atoms with van der Waals surface area (Å²) in [7, 11) is -2.67. The van der Waals surface area contributed by atoms with Gasteiger partial charge in [0, 0.05) is 12.7 Å². The van der Waals surface area contributed by atoms with Gasteiger partial charge in [0.1, 0.15) is 16.3 Å². The smallest absolute Gasteiger partial charge is 0.352 e. The van der Waals surface area contributed by atoms with Crippen LogP contribution in [0.1, 0.15) is 23.0 Å². The first-order valence-corrected chi connectivity index (χ1v) is 8.35. The number of nitrogens with one attached hydrogen (secondary N) is 1. The van der Waals surface area contributed by atoms with Crippen LogP contribution in [-0.2, 0) is 16.6 Å². The molecule has 0 aliphatic rings. The van der Waals surface area contributed by atoms with Crippen LogP contribution in [-0.4, -0.2) is 31.2 Å². The summed E-state index contributed by atoms with van der Waals surface area (Å²) in [6.45, 7) is 2.01. The van der Waals surface area contributed by atoms with Crippen LogP contribution < -0.4 is 9.46 Å². The zero-order valence-corrected chi connectivity index (χ0v) is 13.8. The normalized spacial score (nSPS) is 10.9. The Hall–Kier alpha value is -2.99. The zero-order chi connectivity index (χ0) is 17.9. The Morgan fingerprint density at radius 2 is 2.12 bits per heavy atom. The number of hydrogen-bond acceptors (Lipinski definition) is 5. The van der Waals surface area contributed by atoms with Gasteiger partial charge in [-0.05, 0) is 31.2 Å². The van der Waals surface area contributed by atoms with Crippen LogP contribution >= 0.6 is 0 Å². The Kier molecular flexibility index (Phi) is 4.80. The number of hydrogen-bond donors (Lipinski definition) is 2. The molecule has 2 rings (SSSR count). The van der Waals surface area contributed by atoms with E-state index < -0.39 is 16.0 Å². The van der Waals surface area contributed by atoms with Crippen molar-refractivity contribution in [1.29, 1.82) is 5.26 Å². The molecule has 0 aliphatic carbocycles. The molecule has 0 spiro atoms. The summed E-state index contributed by atoms with van der Waals surface area (Å²) in [5.74, 6) is -0.978. The molecule has 1 aromatic carbocycles. The lowest BCUT2D eigenvalue weighted by Gasteiger charge is -2.11. The molecule has 0 bridgehead atoms. The van der Waals surface area contributed by atoms with Crippen LogP contribution in [0.25, 0.3) is 0 Å². The molecule has 0 aliphatic heterocycles. The van der Waals surface area contributed by atoms with Crippen molar-refractivity contribution < 1.29 is 23.1 Å². The van der Waals surface area contributed by atoms with Gasteiger partial charge in [-0.15, -0.1) is 0 Å². The van der Waals surface area contributed by atoms with Crippen LogP contribution in [0.4, 0.5) is 5.69 Å². The average molecular weight is 349 g/mol. The topological polar surface area (TPSA) is 121 Å². The molecule has 0 fully saturated rings. The van der Waals surface area contributed by atoms with Gasteiger partial charge in [-0.3, -0.25) is 4.72 Å². The van der Waals surface area contributed by atoms with Gasteiger partial charge in [-0.1, -0.05) is 0 Å². The van der Waals surface area contributed by atoms with Gasteiger partial charge in [0.15, 0.2) is 0 Å². The highest BCUT2D eigenvalue weighted by atomic mass is 32.2. The molecule has 1 heterocycles. The van der Waals surface area contributed by atoms with E-state index in [4.69, 9.17) is 15.1 Å². The Morgan fingerprint density at radius 1 is 1.42 bits per heavy atom. The van der Waals surface area contributed by atoms with Crippen molar-refractivity contribution in [3.8, 4) is 11.8 Å². The number of aryl methyl sites for hydroxylation is 1. The van der Waals surface area contributed by atoms with Gasteiger partial charge in [-0.2, -0.15) is 5.26 Å². The minimum Gasteiger partial charge on any atom is -0.495 e. The second-order valence-electron chi connectivity index (χ2n) is 4.78. The molecular weight excluding hydrogens is 334 g/mol. The lowest BCUT2D eigenvalue weighted by Crippen LogP contribution is -2.13. The molecule has 0 saturated heterocycles. The van der Waals surface area contributed by atoms with Gasteiger partial charge in [0.05, 0.1) is 24.4 Å². The maximum atomic E-state index is 12.5. The quantitative estimate of drug-likeness (QED) is 0.821. The molecule has 126 valence electrons. The summed E-state index contributed by atoms with van der Waals surface area (Å²) in [5.41, 5.74) is 0.221. The van der Waals surface area contributed by atoms with Crippen molar-refractivity contribution >= 4 is 21.7 Å². The minimum atomic E-state index is -4.04. The standard InChI is InChI=1S/C15H15N3O5S/c1-3-18-9-11(7-13(18)15(19)20)24(21,22)17-12-6-10(8-16)4-5-14(12)23-2/h4-7,9,17H,3H2,1-2H3,(H,19,20). The molecule has 24 heavy (non-hydrogen) atoms. The number of methoxy groups -OCH3 is 1. The number of carbonyl (C=O) groups is 1. The second kappa shape index (κ2) is 6.64. The molecule has 9 heteroatoms. The van der Waals surface area contributed by atoms with E-state index in [1.54, 1.807) is 6.92 Å². The summed E-state index contributed by atoms with van der Waals surface area (Å²) in [4.78, 5) is 11.0. The molecular formula is C15H15N3O5S. The van der Waals surface area contributed by atoms with E-state index in [1.807, 2.05) is 6.07 Å². The fraction of sp³-hybridized carbons (Fsp3) is 0.200. The van der Waals surface area contributed by atoms with E-state index in [2.05, 4.69) is 4.72 Å². The number of aromatic nitrogens is 1. The maximum Gasteiger partial charge on any atom is 0.352 e. The SMILES string of the molecule is CCn1cc(S(=O)(=O)Nc2cc(C#N)ccc2OC)cc1C(=O)O. The van der Waals surface area contributed by atoms with Gasteiger partial charge in [0.2, 0.25) is 0 Å². The lowest BCUT2D eigenvalue weighted by atomic mass is 10.2. The van der Waals surface area contributed by atoms with Crippen LogP contribution in [0.5, 0.6) is 5.75 Å². The molecule has 0 atom stereocenters. The first-order valence-electron chi connectivity index (χ1n) is 6.86. The van der Waals surface area contributed by atoms with E-state index in [-0.39, 0.29) is 27.6 Å². The predicted octanol–water partition coefficient (Wildman–Crippen LogP) is 1.89. The highest BCUT2D eigenvalue weighted by molar-refractivity contribution is 7.92.